The van der Waals surface area contributed by atoms with Crippen molar-refractivity contribution in [2.45, 2.75) is 98.4 Å². The Morgan fingerprint density at radius 1 is 0.852 bits per heavy atom. The zero-order chi connectivity index (χ0) is 39.3. The zero-order valence-electron chi connectivity index (χ0n) is 32.2. The SMILES string of the molecule is CCCCC[C@@H](C(=O)NCNC(=O)c1ccc(-c2cc(OCC)cc(P(=O)(OCCCC)OCCCC)c2)o1)[C@@H](CC)N(C=O)OC(=O)c1ccccc1. The summed E-state index contributed by atoms with van der Waals surface area (Å²) < 4.78 is 37.5. The molecule has 0 aliphatic heterocycles. The number of benzene rings is 2. The lowest BCUT2D eigenvalue weighted by molar-refractivity contribution is -0.171. The Morgan fingerprint density at radius 2 is 1.54 bits per heavy atom. The number of nitrogens with one attached hydrogen (secondary N) is 2. The second-order valence-corrected chi connectivity index (χ2v) is 14.7. The molecule has 0 radical (unpaired) electrons. The van der Waals surface area contributed by atoms with Crippen molar-refractivity contribution >= 4 is 37.1 Å². The van der Waals surface area contributed by atoms with Gasteiger partial charge in [0.15, 0.2) is 5.76 Å². The number of furan rings is 1. The van der Waals surface area contributed by atoms with Gasteiger partial charge in [0.1, 0.15) is 11.5 Å². The molecule has 1 aromatic heterocycles. The summed E-state index contributed by atoms with van der Waals surface area (Å²) in [6.07, 6.45) is 6.85. The van der Waals surface area contributed by atoms with E-state index in [0.717, 1.165) is 43.6 Å². The van der Waals surface area contributed by atoms with Crippen LogP contribution in [0.25, 0.3) is 11.3 Å². The third kappa shape index (κ3) is 13.1. The van der Waals surface area contributed by atoms with E-state index >= 15 is 0 Å². The number of hydrogen-bond donors (Lipinski definition) is 2. The molecule has 3 rings (SSSR count). The van der Waals surface area contributed by atoms with Gasteiger partial charge >= 0.3 is 13.6 Å². The van der Waals surface area contributed by atoms with Crippen molar-refractivity contribution in [3.05, 3.63) is 72.0 Å². The molecule has 296 valence electrons. The van der Waals surface area contributed by atoms with E-state index in [2.05, 4.69) is 10.6 Å². The van der Waals surface area contributed by atoms with Crippen molar-refractivity contribution in [1.29, 1.82) is 0 Å². The van der Waals surface area contributed by atoms with Gasteiger partial charge in [0.05, 0.1) is 49.3 Å². The van der Waals surface area contributed by atoms with Gasteiger partial charge in [0, 0.05) is 5.56 Å². The second kappa shape index (κ2) is 23.4. The van der Waals surface area contributed by atoms with Gasteiger partial charge in [-0.3, -0.25) is 18.9 Å². The van der Waals surface area contributed by atoms with Crippen molar-refractivity contribution < 1.29 is 46.8 Å². The highest BCUT2D eigenvalue weighted by atomic mass is 31.2. The van der Waals surface area contributed by atoms with Crippen LogP contribution in [0, 0.1) is 5.92 Å². The monoisotopic (exact) mass is 769 g/mol. The molecule has 0 bridgehead atoms. The van der Waals surface area contributed by atoms with Crippen LogP contribution in [-0.4, -0.2) is 61.8 Å². The molecule has 2 N–H and O–H groups in total. The van der Waals surface area contributed by atoms with Crippen LogP contribution >= 0.6 is 7.60 Å². The minimum atomic E-state index is -3.71. The summed E-state index contributed by atoms with van der Waals surface area (Å²) in [6.45, 7) is 10.4. The number of nitrogens with zero attached hydrogens (tertiary/aromatic N) is 1. The molecule has 3 amide bonds. The Kier molecular flexibility index (Phi) is 19.0. The van der Waals surface area contributed by atoms with E-state index in [1.54, 1.807) is 61.5 Å². The Morgan fingerprint density at radius 3 is 2.15 bits per heavy atom. The number of amides is 3. The molecule has 2 atom stereocenters. The van der Waals surface area contributed by atoms with Crippen LogP contribution in [0.4, 0.5) is 0 Å². The Hall–Kier alpha value is -4.45. The Balaban J connectivity index is 1.74. The number of hydrogen-bond acceptors (Lipinski definition) is 10. The van der Waals surface area contributed by atoms with Crippen LogP contribution in [0.15, 0.2) is 65.1 Å². The fourth-order valence-corrected chi connectivity index (χ4v) is 7.36. The number of carbonyl (C=O) groups is 4. The maximum Gasteiger partial charge on any atom is 0.363 e. The number of unbranched alkanes of at least 4 members (excludes halogenated alkanes) is 4. The van der Waals surface area contributed by atoms with E-state index in [0.29, 0.717) is 54.7 Å². The highest BCUT2D eigenvalue weighted by Gasteiger charge is 2.34. The summed E-state index contributed by atoms with van der Waals surface area (Å²) >= 11 is 0. The molecule has 14 heteroatoms. The van der Waals surface area contributed by atoms with Crippen LogP contribution in [0.5, 0.6) is 5.75 Å². The van der Waals surface area contributed by atoms with Gasteiger partial charge < -0.3 is 33.7 Å². The van der Waals surface area contributed by atoms with Gasteiger partial charge in [0.2, 0.25) is 12.3 Å². The Bertz CT molecular complexity index is 1650. The van der Waals surface area contributed by atoms with E-state index < -0.39 is 37.3 Å². The van der Waals surface area contributed by atoms with Crippen LogP contribution in [0.2, 0.25) is 0 Å². The standard InChI is InChI=1S/C40H56N3O10P/c1-6-11-15-20-34(35(9-4)43(29-44)53-40(47)30-18-16-14-17-19-30)38(45)41-28-42-39(46)37-22-21-36(52-37)31-25-32(49-10-5)27-33(26-31)54(48,50-23-12-7-2)51-24-13-8-3/h14,16-19,21-22,25-27,29,34-35H,6-13,15,20,23-24,28H2,1-5H3,(H,41,45)(H,42,46)/t34-,35-/m1/s1. The molecule has 54 heavy (non-hydrogen) atoms. The molecule has 0 unspecified atom stereocenters. The molecule has 0 saturated heterocycles. The highest BCUT2D eigenvalue weighted by Crippen LogP contribution is 2.49. The van der Waals surface area contributed by atoms with E-state index in [9.17, 15) is 23.7 Å². The molecular formula is C40H56N3O10P. The number of carbonyl (C=O) groups excluding carboxylic acids is 4. The summed E-state index contributed by atoms with van der Waals surface area (Å²) in [5, 5.41) is 6.63. The van der Waals surface area contributed by atoms with Gasteiger partial charge in [-0.2, -0.15) is 5.06 Å². The van der Waals surface area contributed by atoms with Crippen molar-refractivity contribution in [3.63, 3.8) is 0 Å². The van der Waals surface area contributed by atoms with Gasteiger partial charge in [-0.15, -0.1) is 0 Å². The van der Waals surface area contributed by atoms with Gasteiger partial charge in [-0.1, -0.05) is 78.0 Å². The molecule has 0 saturated carbocycles. The smallest absolute Gasteiger partial charge is 0.363 e. The van der Waals surface area contributed by atoms with Crippen molar-refractivity contribution in [3.8, 4) is 17.1 Å². The maximum absolute atomic E-state index is 14.1. The van der Waals surface area contributed by atoms with Crippen LogP contribution in [0.1, 0.15) is 113 Å². The molecule has 0 aliphatic rings. The minimum Gasteiger partial charge on any atom is -0.494 e. The summed E-state index contributed by atoms with van der Waals surface area (Å²) in [5.74, 6) is -1.68. The lowest BCUT2D eigenvalue weighted by Crippen LogP contribution is -2.49. The van der Waals surface area contributed by atoms with E-state index in [1.807, 2.05) is 27.7 Å². The summed E-state index contributed by atoms with van der Waals surface area (Å²) in [5.41, 5.74) is 0.778. The van der Waals surface area contributed by atoms with E-state index in [4.69, 9.17) is 23.0 Å². The molecule has 3 aromatic rings. The van der Waals surface area contributed by atoms with Crippen molar-refractivity contribution in [1.82, 2.24) is 15.7 Å². The fourth-order valence-electron chi connectivity index (χ4n) is 5.67. The van der Waals surface area contributed by atoms with E-state index in [1.165, 1.54) is 6.07 Å². The first-order chi connectivity index (χ1) is 26.1. The molecule has 0 aliphatic carbocycles. The quantitative estimate of drug-likeness (QED) is 0.0271. The number of rotatable bonds is 26. The van der Waals surface area contributed by atoms with Crippen LogP contribution in [0.3, 0.4) is 0 Å². The Labute approximate surface area is 318 Å². The largest absolute Gasteiger partial charge is 0.494 e. The molecular weight excluding hydrogens is 713 g/mol. The van der Waals surface area contributed by atoms with Crippen LogP contribution in [-0.2, 0) is 28.0 Å². The molecule has 1 heterocycles. The summed E-state index contributed by atoms with van der Waals surface area (Å²) in [7, 11) is -3.71. The van der Waals surface area contributed by atoms with Crippen molar-refractivity contribution in [2.75, 3.05) is 26.5 Å². The number of hydroxylamine groups is 2. The average molecular weight is 770 g/mol. The first kappa shape index (κ1) is 44.0. The first-order valence-electron chi connectivity index (χ1n) is 19.0. The predicted octanol–water partition coefficient (Wildman–Crippen LogP) is 7.81. The second-order valence-electron chi connectivity index (χ2n) is 12.7. The number of ether oxygens (including phenoxy) is 1. The third-order valence-electron chi connectivity index (χ3n) is 8.63. The topological polar surface area (TPSA) is 163 Å². The molecule has 2 aromatic carbocycles. The van der Waals surface area contributed by atoms with Gasteiger partial charge in [-0.05, 0) is 75.1 Å². The molecule has 0 spiro atoms. The highest BCUT2D eigenvalue weighted by molar-refractivity contribution is 7.62. The molecule has 13 nitrogen and oxygen atoms in total. The molecule has 0 fully saturated rings. The normalized spacial score (nSPS) is 12.4. The van der Waals surface area contributed by atoms with Crippen LogP contribution < -0.4 is 20.7 Å². The lowest BCUT2D eigenvalue weighted by Gasteiger charge is -2.31. The summed E-state index contributed by atoms with van der Waals surface area (Å²) in [6, 6.07) is 15.7. The summed E-state index contributed by atoms with van der Waals surface area (Å²) in [4.78, 5) is 57.0. The zero-order valence-corrected chi connectivity index (χ0v) is 33.1. The minimum absolute atomic E-state index is 0.0185. The first-order valence-corrected chi connectivity index (χ1v) is 20.5. The van der Waals surface area contributed by atoms with Crippen molar-refractivity contribution in [2.24, 2.45) is 5.92 Å². The average Bonchev–Trinajstić information content (AvgIpc) is 3.68. The third-order valence-corrected chi connectivity index (χ3v) is 10.6. The van der Waals surface area contributed by atoms with Gasteiger partial charge in [0.25, 0.3) is 5.91 Å². The maximum atomic E-state index is 14.1. The van der Waals surface area contributed by atoms with E-state index in [-0.39, 0.29) is 31.2 Å². The lowest BCUT2D eigenvalue weighted by atomic mass is 9.90. The predicted molar refractivity (Wildman–Crippen MR) is 206 cm³/mol. The van der Waals surface area contributed by atoms with Gasteiger partial charge in [-0.25, -0.2) is 4.79 Å². The fraction of sp³-hybridized carbons (Fsp3) is 0.500.